The number of nitrogens with zero attached hydrogens (tertiary/aromatic N) is 1. The first-order valence-electron chi connectivity index (χ1n) is 6.05. The van der Waals surface area contributed by atoms with Crippen LogP contribution in [0.4, 0.5) is 11.4 Å². The quantitative estimate of drug-likeness (QED) is 0.778. The van der Waals surface area contributed by atoms with E-state index < -0.39 is 10.0 Å². The van der Waals surface area contributed by atoms with E-state index in [1.54, 1.807) is 19.1 Å². The number of hydrogen-bond donors (Lipinski definition) is 3. The van der Waals surface area contributed by atoms with E-state index in [0.717, 1.165) is 0 Å². The molecular formula is C12H12N4O4S. The monoisotopic (exact) mass is 308 g/mol. The molecule has 0 spiro atoms. The van der Waals surface area contributed by atoms with Gasteiger partial charge in [0.2, 0.25) is 0 Å². The molecule has 1 aromatic carbocycles. The second kappa shape index (κ2) is 4.77. The molecule has 0 aliphatic carbocycles. The van der Waals surface area contributed by atoms with E-state index >= 15 is 0 Å². The Kier molecular flexibility index (Phi) is 3.05. The number of H-pyrrole nitrogens is 1. The number of amides is 1. The second-order valence-electron chi connectivity index (χ2n) is 4.51. The molecule has 0 saturated carbocycles. The van der Waals surface area contributed by atoms with Gasteiger partial charge in [-0.15, -0.1) is 0 Å². The Morgan fingerprint density at radius 2 is 2.19 bits per heavy atom. The van der Waals surface area contributed by atoms with Crippen molar-refractivity contribution < 1.29 is 17.9 Å². The zero-order valence-electron chi connectivity index (χ0n) is 11.0. The fraction of sp³-hybridized carbons (Fsp3) is 0.167. The fourth-order valence-electron chi connectivity index (χ4n) is 1.97. The van der Waals surface area contributed by atoms with Crippen molar-refractivity contribution in [2.24, 2.45) is 0 Å². The third-order valence-electron chi connectivity index (χ3n) is 2.94. The predicted molar refractivity (Wildman–Crippen MR) is 74.7 cm³/mol. The van der Waals surface area contributed by atoms with E-state index in [0.29, 0.717) is 22.8 Å². The highest BCUT2D eigenvalue weighted by Gasteiger charge is 2.21. The van der Waals surface area contributed by atoms with E-state index in [1.807, 2.05) is 0 Å². The highest BCUT2D eigenvalue weighted by atomic mass is 32.2. The fourth-order valence-corrected chi connectivity index (χ4v) is 3.15. The van der Waals surface area contributed by atoms with Gasteiger partial charge in [-0.3, -0.25) is 14.6 Å². The van der Waals surface area contributed by atoms with Crippen molar-refractivity contribution in [2.75, 3.05) is 16.6 Å². The van der Waals surface area contributed by atoms with Crippen molar-refractivity contribution in [3.05, 3.63) is 30.1 Å². The summed E-state index contributed by atoms with van der Waals surface area (Å²) < 4.78 is 32.1. The van der Waals surface area contributed by atoms with Gasteiger partial charge in [0, 0.05) is 0 Å². The van der Waals surface area contributed by atoms with E-state index in [4.69, 9.17) is 4.74 Å². The van der Waals surface area contributed by atoms with Crippen LogP contribution in [0.25, 0.3) is 0 Å². The topological polar surface area (TPSA) is 113 Å². The molecule has 1 aromatic heterocycles. The Labute approximate surface area is 120 Å². The Balaban J connectivity index is 1.91. The molecule has 0 saturated heterocycles. The lowest BCUT2D eigenvalue weighted by atomic mass is 10.2. The normalized spacial score (nSPS) is 14.0. The molecule has 9 heteroatoms. The van der Waals surface area contributed by atoms with Crippen LogP contribution in [0.2, 0.25) is 0 Å². The summed E-state index contributed by atoms with van der Waals surface area (Å²) in [6.45, 7) is 1.56. The van der Waals surface area contributed by atoms with Crippen LogP contribution in [0.5, 0.6) is 5.75 Å². The summed E-state index contributed by atoms with van der Waals surface area (Å²) in [5.74, 6) is 0.213. The smallest absolute Gasteiger partial charge is 0.265 e. The van der Waals surface area contributed by atoms with Crippen LogP contribution >= 0.6 is 0 Å². The Hall–Kier alpha value is -2.55. The molecule has 0 unspecified atom stereocenters. The third-order valence-corrected chi connectivity index (χ3v) is 4.43. The highest BCUT2D eigenvalue weighted by molar-refractivity contribution is 7.92. The molecule has 1 amide bonds. The summed E-state index contributed by atoms with van der Waals surface area (Å²) in [7, 11) is -3.74. The molecular weight excluding hydrogens is 296 g/mol. The number of fused-ring (bicyclic) bond motifs is 1. The SMILES string of the molecule is Cc1[nH]ncc1S(=O)(=O)Nc1ccc2c(c1)NC(=O)CO2. The molecule has 3 N–H and O–H groups in total. The first kappa shape index (κ1) is 13.4. The molecule has 1 aliphatic rings. The van der Waals surface area contributed by atoms with E-state index in [2.05, 4.69) is 20.2 Å². The molecule has 8 nitrogen and oxygen atoms in total. The maximum Gasteiger partial charge on any atom is 0.265 e. The van der Waals surface area contributed by atoms with Gasteiger partial charge >= 0.3 is 0 Å². The number of sulfonamides is 1. The lowest BCUT2D eigenvalue weighted by Crippen LogP contribution is -2.25. The van der Waals surface area contributed by atoms with Crippen molar-refractivity contribution in [2.45, 2.75) is 11.8 Å². The summed E-state index contributed by atoms with van der Waals surface area (Å²) in [6, 6.07) is 4.65. The third kappa shape index (κ3) is 2.55. The van der Waals surface area contributed by atoms with Gasteiger partial charge in [0.25, 0.3) is 15.9 Å². The minimum absolute atomic E-state index is 0.0493. The zero-order valence-corrected chi connectivity index (χ0v) is 11.8. The number of hydrogen-bond acceptors (Lipinski definition) is 5. The number of nitrogens with one attached hydrogen (secondary N) is 3. The number of aromatic nitrogens is 2. The molecule has 2 heterocycles. The van der Waals surface area contributed by atoms with Crippen molar-refractivity contribution in [3.8, 4) is 5.75 Å². The molecule has 2 aromatic rings. The summed E-state index contributed by atoms with van der Waals surface area (Å²) in [5.41, 5.74) is 1.19. The van der Waals surface area contributed by atoms with Crippen LogP contribution in [-0.4, -0.2) is 31.1 Å². The first-order chi connectivity index (χ1) is 9.95. The van der Waals surface area contributed by atoms with Crippen LogP contribution in [0.1, 0.15) is 5.69 Å². The number of aryl methyl sites for hydroxylation is 1. The first-order valence-corrected chi connectivity index (χ1v) is 7.53. The van der Waals surface area contributed by atoms with Crippen LogP contribution in [0.3, 0.4) is 0 Å². The summed E-state index contributed by atoms with van der Waals surface area (Å²) in [6.07, 6.45) is 1.24. The Morgan fingerprint density at radius 3 is 2.90 bits per heavy atom. The molecule has 110 valence electrons. The number of benzene rings is 1. The summed E-state index contributed by atoms with van der Waals surface area (Å²) in [4.78, 5) is 11.3. The van der Waals surface area contributed by atoms with Crippen LogP contribution in [0.15, 0.2) is 29.3 Å². The Bertz CT molecular complexity index is 812. The van der Waals surface area contributed by atoms with Gasteiger partial charge in [-0.2, -0.15) is 5.10 Å². The lowest BCUT2D eigenvalue weighted by molar-refractivity contribution is -0.118. The molecule has 0 bridgehead atoms. The molecule has 0 atom stereocenters. The summed E-state index contributed by atoms with van der Waals surface area (Å²) >= 11 is 0. The number of aromatic amines is 1. The van der Waals surface area contributed by atoms with Gasteiger partial charge in [-0.25, -0.2) is 8.42 Å². The van der Waals surface area contributed by atoms with E-state index in [-0.39, 0.29) is 17.4 Å². The largest absolute Gasteiger partial charge is 0.482 e. The number of anilines is 2. The number of carbonyl (C=O) groups is 1. The van der Waals surface area contributed by atoms with Gasteiger partial charge in [0.1, 0.15) is 10.6 Å². The average molecular weight is 308 g/mol. The molecule has 0 fully saturated rings. The lowest BCUT2D eigenvalue weighted by Gasteiger charge is -2.18. The van der Waals surface area contributed by atoms with Crippen LogP contribution in [-0.2, 0) is 14.8 Å². The van der Waals surface area contributed by atoms with E-state index in [9.17, 15) is 13.2 Å². The van der Waals surface area contributed by atoms with Crippen molar-refractivity contribution in [1.82, 2.24) is 10.2 Å². The zero-order chi connectivity index (χ0) is 15.0. The average Bonchev–Trinajstić information content (AvgIpc) is 2.85. The van der Waals surface area contributed by atoms with Crippen LogP contribution in [0, 0.1) is 6.92 Å². The maximum absolute atomic E-state index is 12.2. The highest BCUT2D eigenvalue weighted by Crippen LogP contribution is 2.31. The van der Waals surface area contributed by atoms with Crippen molar-refractivity contribution in [3.63, 3.8) is 0 Å². The van der Waals surface area contributed by atoms with Gasteiger partial charge in [-0.1, -0.05) is 0 Å². The van der Waals surface area contributed by atoms with Gasteiger partial charge in [0.05, 0.1) is 23.3 Å². The number of carbonyl (C=O) groups excluding carboxylic acids is 1. The van der Waals surface area contributed by atoms with E-state index in [1.165, 1.54) is 12.3 Å². The number of rotatable bonds is 3. The van der Waals surface area contributed by atoms with Gasteiger partial charge in [0.15, 0.2) is 6.61 Å². The predicted octanol–water partition coefficient (Wildman–Crippen LogP) is 0.850. The van der Waals surface area contributed by atoms with Gasteiger partial charge < -0.3 is 10.1 Å². The second-order valence-corrected chi connectivity index (χ2v) is 6.16. The van der Waals surface area contributed by atoms with Crippen LogP contribution < -0.4 is 14.8 Å². The minimum Gasteiger partial charge on any atom is -0.482 e. The minimum atomic E-state index is -3.74. The van der Waals surface area contributed by atoms with Crippen molar-refractivity contribution >= 4 is 27.3 Å². The molecule has 3 rings (SSSR count). The summed E-state index contributed by atoms with van der Waals surface area (Å²) in [5, 5.41) is 8.87. The van der Waals surface area contributed by atoms with Gasteiger partial charge in [-0.05, 0) is 25.1 Å². The number of ether oxygens (including phenoxy) is 1. The Morgan fingerprint density at radius 1 is 1.38 bits per heavy atom. The molecule has 0 radical (unpaired) electrons. The standard InChI is InChI=1S/C12H12N4O4S/c1-7-11(5-13-15-7)21(18,19)16-8-2-3-10-9(4-8)14-12(17)6-20-10/h2-5,16H,6H2,1H3,(H,13,15)(H,14,17). The maximum atomic E-state index is 12.2. The molecule has 21 heavy (non-hydrogen) atoms. The molecule has 1 aliphatic heterocycles. The van der Waals surface area contributed by atoms with Crippen molar-refractivity contribution in [1.29, 1.82) is 0 Å².